The lowest BCUT2D eigenvalue weighted by atomic mass is 9.99. The SMILES string of the molecule is CC1(C)O[C@H]([C@@H](CC=O)OC(=O)c2ccccc2)[C@@H]([C@@H](CC=O)OC(=O)c2ccccc2)O1. The summed E-state index contributed by atoms with van der Waals surface area (Å²) >= 11 is 0. The Morgan fingerprint density at radius 3 is 1.48 bits per heavy atom. The van der Waals surface area contributed by atoms with E-state index in [2.05, 4.69) is 0 Å². The molecule has 2 aromatic carbocycles. The van der Waals surface area contributed by atoms with E-state index < -0.39 is 42.1 Å². The van der Waals surface area contributed by atoms with Crippen LogP contribution in [-0.4, -0.2) is 54.7 Å². The van der Waals surface area contributed by atoms with Crippen molar-refractivity contribution >= 4 is 24.5 Å². The minimum Gasteiger partial charge on any atom is -0.455 e. The van der Waals surface area contributed by atoms with E-state index in [-0.39, 0.29) is 12.8 Å². The number of benzene rings is 2. The molecule has 3 rings (SSSR count). The molecular formula is C25H26O8. The Bertz CT molecular complexity index is 879. The molecular weight excluding hydrogens is 428 g/mol. The smallest absolute Gasteiger partial charge is 0.338 e. The first kappa shape index (κ1) is 24.3. The number of carbonyl (C=O) groups excluding carboxylic acids is 4. The van der Waals surface area contributed by atoms with Gasteiger partial charge in [0.1, 0.15) is 37.0 Å². The maximum Gasteiger partial charge on any atom is 0.338 e. The summed E-state index contributed by atoms with van der Waals surface area (Å²) in [6.45, 7) is 3.29. The highest BCUT2D eigenvalue weighted by Crippen LogP contribution is 2.35. The first-order valence-electron chi connectivity index (χ1n) is 10.6. The molecule has 1 saturated heterocycles. The second-order valence-corrected chi connectivity index (χ2v) is 7.99. The van der Waals surface area contributed by atoms with Gasteiger partial charge in [0.05, 0.1) is 11.1 Å². The molecule has 1 heterocycles. The van der Waals surface area contributed by atoms with Crippen molar-refractivity contribution in [3.63, 3.8) is 0 Å². The highest BCUT2D eigenvalue weighted by atomic mass is 16.8. The third-order valence-corrected chi connectivity index (χ3v) is 5.09. The Kier molecular flexibility index (Phi) is 8.08. The van der Waals surface area contributed by atoms with Gasteiger partial charge in [-0.25, -0.2) is 9.59 Å². The summed E-state index contributed by atoms with van der Waals surface area (Å²) in [7, 11) is 0. The number of rotatable bonds is 10. The van der Waals surface area contributed by atoms with Crippen molar-refractivity contribution in [2.75, 3.05) is 0 Å². The maximum atomic E-state index is 12.6. The van der Waals surface area contributed by atoms with E-state index in [1.807, 2.05) is 0 Å². The van der Waals surface area contributed by atoms with Gasteiger partial charge in [-0.1, -0.05) is 36.4 Å². The highest BCUT2D eigenvalue weighted by Gasteiger charge is 2.50. The molecule has 2 aromatic rings. The van der Waals surface area contributed by atoms with Crippen LogP contribution in [0.2, 0.25) is 0 Å². The number of carbonyl (C=O) groups is 4. The molecule has 0 unspecified atom stereocenters. The molecule has 0 spiro atoms. The van der Waals surface area contributed by atoms with Gasteiger partial charge in [-0.05, 0) is 38.1 Å². The van der Waals surface area contributed by atoms with Crippen molar-refractivity contribution in [1.82, 2.24) is 0 Å². The summed E-state index contributed by atoms with van der Waals surface area (Å²) in [5.41, 5.74) is 0.617. The van der Waals surface area contributed by atoms with Crippen LogP contribution in [0.15, 0.2) is 60.7 Å². The summed E-state index contributed by atoms with van der Waals surface area (Å²) in [5.74, 6) is -2.40. The molecule has 0 bridgehead atoms. The van der Waals surface area contributed by atoms with Crippen LogP contribution in [0.5, 0.6) is 0 Å². The average Bonchev–Trinajstić information content (AvgIpc) is 3.14. The van der Waals surface area contributed by atoms with Crippen LogP contribution < -0.4 is 0 Å². The second kappa shape index (κ2) is 11.0. The molecule has 0 saturated carbocycles. The molecule has 174 valence electrons. The quantitative estimate of drug-likeness (QED) is 0.398. The van der Waals surface area contributed by atoms with Crippen LogP contribution >= 0.6 is 0 Å². The van der Waals surface area contributed by atoms with Crippen LogP contribution in [0.25, 0.3) is 0 Å². The van der Waals surface area contributed by atoms with Crippen LogP contribution in [-0.2, 0) is 28.5 Å². The number of hydrogen-bond acceptors (Lipinski definition) is 8. The Morgan fingerprint density at radius 1 is 0.788 bits per heavy atom. The molecule has 8 heteroatoms. The summed E-state index contributed by atoms with van der Waals surface area (Å²) in [5, 5.41) is 0. The fourth-order valence-electron chi connectivity index (χ4n) is 3.64. The third-order valence-electron chi connectivity index (χ3n) is 5.09. The second-order valence-electron chi connectivity index (χ2n) is 7.99. The Balaban J connectivity index is 1.84. The van der Waals surface area contributed by atoms with Gasteiger partial charge in [0.2, 0.25) is 0 Å². The van der Waals surface area contributed by atoms with E-state index in [9.17, 15) is 19.2 Å². The van der Waals surface area contributed by atoms with E-state index in [1.165, 1.54) is 0 Å². The molecule has 1 aliphatic heterocycles. The van der Waals surface area contributed by atoms with Gasteiger partial charge in [-0.2, -0.15) is 0 Å². The highest BCUT2D eigenvalue weighted by molar-refractivity contribution is 5.90. The van der Waals surface area contributed by atoms with E-state index in [1.54, 1.807) is 74.5 Å². The predicted octanol–water partition coefficient (Wildman–Crippen LogP) is 3.14. The zero-order chi connectivity index (χ0) is 23.8. The van der Waals surface area contributed by atoms with Crippen LogP contribution in [0.1, 0.15) is 47.4 Å². The van der Waals surface area contributed by atoms with Gasteiger partial charge in [-0.15, -0.1) is 0 Å². The normalized spacial score (nSPS) is 20.9. The fourth-order valence-corrected chi connectivity index (χ4v) is 3.64. The largest absolute Gasteiger partial charge is 0.455 e. The van der Waals surface area contributed by atoms with Crippen molar-refractivity contribution in [3.8, 4) is 0 Å². The standard InChI is InChI=1S/C25H26O8/c1-25(2)32-21(19(13-15-26)30-23(28)17-9-5-3-6-10-17)22(33-25)20(14-16-27)31-24(29)18-11-7-4-8-12-18/h3-12,15-16,19-22H,13-14H2,1-2H3/t19-,20-,21-,22-/m1/s1. The summed E-state index contributed by atoms with van der Waals surface area (Å²) in [6.07, 6.45) is -3.06. The molecule has 0 radical (unpaired) electrons. The van der Waals surface area contributed by atoms with Crippen molar-refractivity contribution in [2.45, 2.75) is 56.9 Å². The summed E-state index contributed by atoms with van der Waals surface area (Å²) < 4.78 is 23.1. The third kappa shape index (κ3) is 6.34. The topological polar surface area (TPSA) is 105 Å². The van der Waals surface area contributed by atoms with Gasteiger partial charge in [0.15, 0.2) is 5.79 Å². The summed E-state index contributed by atoms with van der Waals surface area (Å²) in [6, 6.07) is 16.6. The van der Waals surface area contributed by atoms with Crippen molar-refractivity contribution < 1.29 is 38.1 Å². The number of ether oxygens (including phenoxy) is 4. The Hall–Kier alpha value is -3.36. The van der Waals surface area contributed by atoms with Crippen LogP contribution in [0, 0.1) is 0 Å². The summed E-state index contributed by atoms with van der Waals surface area (Å²) in [4.78, 5) is 48.0. The monoisotopic (exact) mass is 454 g/mol. The number of hydrogen-bond donors (Lipinski definition) is 0. The molecule has 0 N–H and O–H groups in total. The number of esters is 2. The van der Waals surface area contributed by atoms with Gasteiger partial charge < -0.3 is 28.5 Å². The lowest BCUT2D eigenvalue weighted by Gasteiger charge is -2.29. The molecule has 0 amide bonds. The first-order valence-corrected chi connectivity index (χ1v) is 10.6. The van der Waals surface area contributed by atoms with Gasteiger partial charge in [-0.3, -0.25) is 0 Å². The minimum atomic E-state index is -1.13. The Morgan fingerprint density at radius 2 is 1.15 bits per heavy atom. The van der Waals surface area contributed by atoms with E-state index in [0.29, 0.717) is 23.7 Å². The van der Waals surface area contributed by atoms with Gasteiger partial charge in [0, 0.05) is 12.8 Å². The van der Waals surface area contributed by atoms with Crippen LogP contribution in [0.3, 0.4) is 0 Å². The lowest BCUT2D eigenvalue weighted by molar-refractivity contribution is -0.162. The molecule has 33 heavy (non-hydrogen) atoms. The van der Waals surface area contributed by atoms with E-state index in [4.69, 9.17) is 18.9 Å². The molecule has 1 aliphatic rings. The lowest BCUT2D eigenvalue weighted by Crippen LogP contribution is -2.46. The zero-order valence-corrected chi connectivity index (χ0v) is 18.4. The van der Waals surface area contributed by atoms with Crippen molar-refractivity contribution in [1.29, 1.82) is 0 Å². The van der Waals surface area contributed by atoms with E-state index >= 15 is 0 Å². The zero-order valence-electron chi connectivity index (χ0n) is 18.4. The maximum absolute atomic E-state index is 12.6. The predicted molar refractivity (Wildman–Crippen MR) is 116 cm³/mol. The first-order chi connectivity index (χ1) is 15.8. The molecule has 0 aliphatic carbocycles. The molecule has 8 nitrogen and oxygen atoms in total. The molecule has 1 fully saturated rings. The molecule has 0 aromatic heterocycles. The van der Waals surface area contributed by atoms with Crippen molar-refractivity contribution in [2.24, 2.45) is 0 Å². The van der Waals surface area contributed by atoms with E-state index in [0.717, 1.165) is 0 Å². The average molecular weight is 454 g/mol. The fraction of sp³-hybridized carbons (Fsp3) is 0.360. The Labute approximate surface area is 191 Å². The number of aldehydes is 2. The van der Waals surface area contributed by atoms with Gasteiger partial charge >= 0.3 is 11.9 Å². The van der Waals surface area contributed by atoms with Crippen molar-refractivity contribution in [3.05, 3.63) is 71.8 Å². The van der Waals surface area contributed by atoms with Gasteiger partial charge in [0.25, 0.3) is 0 Å². The molecule has 4 atom stereocenters. The minimum absolute atomic E-state index is 0.167. The van der Waals surface area contributed by atoms with Crippen LogP contribution in [0.4, 0.5) is 0 Å².